The average Bonchev–Trinajstić information content (AvgIpc) is 2.46. The van der Waals surface area contributed by atoms with Gasteiger partial charge >= 0.3 is 0 Å². The Balaban J connectivity index is 2.46. The highest BCUT2D eigenvalue weighted by Crippen LogP contribution is 2.32. The molecule has 0 amide bonds. The normalized spacial score (nSPS) is 9.94. The molecule has 1 aromatic carbocycles. The monoisotopic (exact) mass is 245 g/mol. The Labute approximate surface area is 106 Å². The van der Waals surface area contributed by atoms with Gasteiger partial charge < -0.3 is 14.8 Å². The van der Waals surface area contributed by atoms with Crippen LogP contribution in [0.3, 0.4) is 0 Å². The van der Waals surface area contributed by atoms with Crippen molar-refractivity contribution in [3.63, 3.8) is 0 Å². The third-order valence-corrected chi connectivity index (χ3v) is 2.59. The summed E-state index contributed by atoms with van der Waals surface area (Å²) >= 11 is 0. The summed E-state index contributed by atoms with van der Waals surface area (Å²) in [5.41, 5.74) is 1.78. The molecule has 5 heteroatoms. The van der Waals surface area contributed by atoms with Gasteiger partial charge in [0, 0.05) is 30.6 Å². The van der Waals surface area contributed by atoms with Crippen LogP contribution in [-0.2, 0) is 0 Å². The van der Waals surface area contributed by atoms with E-state index in [4.69, 9.17) is 9.47 Å². The lowest BCUT2D eigenvalue weighted by Crippen LogP contribution is -1.96. The molecule has 94 valence electrons. The predicted molar refractivity (Wildman–Crippen MR) is 70.1 cm³/mol. The zero-order valence-corrected chi connectivity index (χ0v) is 10.6. The number of nitrogens with zero attached hydrogens (tertiary/aromatic N) is 2. The second-order valence-corrected chi connectivity index (χ2v) is 3.61. The van der Waals surface area contributed by atoms with E-state index in [1.807, 2.05) is 18.2 Å². The Morgan fingerprint density at radius 2 is 1.78 bits per heavy atom. The molecule has 0 aliphatic heterocycles. The maximum atomic E-state index is 5.33. The Morgan fingerprint density at radius 3 is 2.33 bits per heavy atom. The van der Waals surface area contributed by atoms with E-state index in [2.05, 4.69) is 15.3 Å². The molecule has 0 aliphatic carbocycles. The molecule has 2 aromatic rings. The fourth-order valence-corrected chi connectivity index (χ4v) is 1.64. The molecule has 18 heavy (non-hydrogen) atoms. The molecule has 0 saturated carbocycles. The number of nitrogens with one attached hydrogen (secondary N) is 1. The molecular weight excluding hydrogens is 230 g/mol. The van der Waals surface area contributed by atoms with Crippen LogP contribution in [0.1, 0.15) is 0 Å². The highest BCUT2D eigenvalue weighted by molar-refractivity contribution is 5.71. The molecule has 0 atom stereocenters. The van der Waals surface area contributed by atoms with Crippen molar-refractivity contribution >= 4 is 5.95 Å². The van der Waals surface area contributed by atoms with Crippen LogP contribution in [0, 0.1) is 0 Å². The van der Waals surface area contributed by atoms with E-state index >= 15 is 0 Å². The number of anilines is 1. The van der Waals surface area contributed by atoms with Crippen LogP contribution in [0.25, 0.3) is 11.1 Å². The van der Waals surface area contributed by atoms with Crippen LogP contribution in [0.5, 0.6) is 11.5 Å². The molecule has 0 aliphatic rings. The molecule has 0 fully saturated rings. The molecule has 5 nitrogen and oxygen atoms in total. The summed E-state index contributed by atoms with van der Waals surface area (Å²) < 4.78 is 10.5. The number of benzene rings is 1. The SMILES string of the molecule is CNc1ncc(-c2cc(OC)ccc2OC)cn1. The van der Waals surface area contributed by atoms with Gasteiger partial charge in [-0.1, -0.05) is 0 Å². The van der Waals surface area contributed by atoms with Gasteiger partial charge in [-0.25, -0.2) is 9.97 Å². The number of hydrogen-bond acceptors (Lipinski definition) is 5. The van der Waals surface area contributed by atoms with Gasteiger partial charge in [0.25, 0.3) is 0 Å². The van der Waals surface area contributed by atoms with Gasteiger partial charge in [0.1, 0.15) is 11.5 Å². The zero-order chi connectivity index (χ0) is 13.0. The smallest absolute Gasteiger partial charge is 0.222 e. The zero-order valence-electron chi connectivity index (χ0n) is 10.6. The Morgan fingerprint density at radius 1 is 1.06 bits per heavy atom. The van der Waals surface area contributed by atoms with Crippen molar-refractivity contribution in [2.45, 2.75) is 0 Å². The van der Waals surface area contributed by atoms with Gasteiger partial charge in [-0.05, 0) is 18.2 Å². The van der Waals surface area contributed by atoms with Gasteiger partial charge in [-0.3, -0.25) is 0 Å². The standard InChI is InChI=1S/C13H15N3O2/c1-14-13-15-7-9(8-16-13)11-6-10(17-2)4-5-12(11)18-3/h4-8H,1-3H3,(H,14,15,16). The lowest BCUT2D eigenvalue weighted by atomic mass is 10.1. The molecule has 0 spiro atoms. The second-order valence-electron chi connectivity index (χ2n) is 3.61. The number of hydrogen-bond donors (Lipinski definition) is 1. The highest BCUT2D eigenvalue weighted by atomic mass is 16.5. The Kier molecular flexibility index (Phi) is 3.62. The molecule has 0 bridgehead atoms. The minimum Gasteiger partial charge on any atom is -0.497 e. The van der Waals surface area contributed by atoms with Gasteiger partial charge in [0.05, 0.1) is 14.2 Å². The van der Waals surface area contributed by atoms with Gasteiger partial charge in [-0.15, -0.1) is 0 Å². The lowest BCUT2D eigenvalue weighted by molar-refractivity contribution is 0.404. The summed E-state index contributed by atoms with van der Waals surface area (Å²) in [6, 6.07) is 5.61. The average molecular weight is 245 g/mol. The predicted octanol–water partition coefficient (Wildman–Crippen LogP) is 2.20. The molecule has 1 aromatic heterocycles. The van der Waals surface area contributed by atoms with Gasteiger partial charge in [0.2, 0.25) is 5.95 Å². The fraction of sp³-hybridized carbons (Fsp3) is 0.231. The van der Waals surface area contributed by atoms with Crippen molar-refractivity contribution in [2.75, 3.05) is 26.6 Å². The van der Waals surface area contributed by atoms with Gasteiger partial charge in [-0.2, -0.15) is 0 Å². The summed E-state index contributed by atoms with van der Waals surface area (Å²) in [7, 11) is 5.04. The molecule has 1 heterocycles. The Hall–Kier alpha value is -2.30. The fourth-order valence-electron chi connectivity index (χ4n) is 1.64. The van der Waals surface area contributed by atoms with Crippen LogP contribution < -0.4 is 14.8 Å². The third-order valence-electron chi connectivity index (χ3n) is 2.59. The van der Waals surface area contributed by atoms with E-state index in [-0.39, 0.29) is 0 Å². The third kappa shape index (κ3) is 2.34. The van der Waals surface area contributed by atoms with Crippen molar-refractivity contribution < 1.29 is 9.47 Å². The first-order valence-electron chi connectivity index (χ1n) is 5.50. The Bertz CT molecular complexity index is 526. The van der Waals surface area contributed by atoms with Crippen molar-refractivity contribution in [1.82, 2.24) is 9.97 Å². The quantitative estimate of drug-likeness (QED) is 0.895. The summed E-state index contributed by atoms with van der Waals surface area (Å²) in [5.74, 6) is 2.11. The second kappa shape index (κ2) is 5.35. The molecular formula is C13H15N3O2. The summed E-state index contributed by atoms with van der Waals surface area (Å²) in [6.07, 6.45) is 3.49. The van der Waals surface area contributed by atoms with E-state index in [9.17, 15) is 0 Å². The number of ether oxygens (including phenoxy) is 2. The van der Waals surface area contributed by atoms with Crippen LogP contribution in [-0.4, -0.2) is 31.2 Å². The van der Waals surface area contributed by atoms with Gasteiger partial charge in [0.15, 0.2) is 0 Å². The summed E-state index contributed by atoms with van der Waals surface area (Å²) in [4.78, 5) is 8.37. The number of rotatable bonds is 4. The maximum Gasteiger partial charge on any atom is 0.222 e. The van der Waals surface area contributed by atoms with Crippen LogP contribution in [0.15, 0.2) is 30.6 Å². The van der Waals surface area contributed by atoms with Crippen LogP contribution in [0.4, 0.5) is 5.95 Å². The number of methoxy groups -OCH3 is 2. The van der Waals surface area contributed by atoms with Crippen LogP contribution >= 0.6 is 0 Å². The summed E-state index contributed by atoms with van der Waals surface area (Å²) in [5, 5.41) is 2.88. The van der Waals surface area contributed by atoms with E-state index in [1.165, 1.54) is 0 Å². The molecule has 2 rings (SSSR count). The molecule has 0 unspecified atom stereocenters. The topological polar surface area (TPSA) is 56.3 Å². The maximum absolute atomic E-state index is 5.33. The summed E-state index contributed by atoms with van der Waals surface area (Å²) in [6.45, 7) is 0. The van der Waals surface area contributed by atoms with Crippen molar-refractivity contribution in [2.24, 2.45) is 0 Å². The van der Waals surface area contributed by atoms with E-state index in [0.717, 1.165) is 22.6 Å². The van der Waals surface area contributed by atoms with E-state index in [0.29, 0.717) is 5.95 Å². The first kappa shape index (κ1) is 12.2. The molecule has 0 radical (unpaired) electrons. The van der Waals surface area contributed by atoms with E-state index in [1.54, 1.807) is 33.7 Å². The van der Waals surface area contributed by atoms with E-state index < -0.39 is 0 Å². The lowest BCUT2D eigenvalue weighted by Gasteiger charge is -2.10. The van der Waals surface area contributed by atoms with Crippen molar-refractivity contribution in [1.29, 1.82) is 0 Å². The van der Waals surface area contributed by atoms with Crippen LogP contribution in [0.2, 0.25) is 0 Å². The first-order chi connectivity index (χ1) is 8.78. The molecule has 1 N–H and O–H groups in total. The van der Waals surface area contributed by atoms with Crippen molar-refractivity contribution in [3.8, 4) is 22.6 Å². The minimum atomic E-state index is 0.584. The van der Waals surface area contributed by atoms with Crippen molar-refractivity contribution in [3.05, 3.63) is 30.6 Å². The molecule has 0 saturated heterocycles. The minimum absolute atomic E-state index is 0.584. The first-order valence-corrected chi connectivity index (χ1v) is 5.50. The largest absolute Gasteiger partial charge is 0.497 e. The number of aromatic nitrogens is 2. The highest BCUT2D eigenvalue weighted by Gasteiger charge is 2.08.